The SMILES string of the molecule is O=C1C=C(Br)C(=O)C2=C1C(c1cccc(O)c1)C1=CCn3c(=O)n(-c4ccccc4)c(=O)n3C1C2. The molecule has 0 radical (unpaired) electrons. The lowest BCUT2D eigenvalue weighted by Gasteiger charge is -2.39. The Labute approximate surface area is 206 Å². The molecule has 1 aromatic heterocycles. The number of carbonyl (C=O) groups excluding carboxylic acids is 2. The quantitative estimate of drug-likeness (QED) is 0.404. The minimum Gasteiger partial charge on any atom is -0.508 e. The van der Waals surface area contributed by atoms with Gasteiger partial charge in [-0.1, -0.05) is 36.4 Å². The number of aromatic hydroxyl groups is 1. The number of allylic oxidation sites excluding steroid dienone is 6. The molecule has 35 heavy (non-hydrogen) atoms. The number of ketones is 2. The lowest BCUT2D eigenvalue weighted by molar-refractivity contribution is -0.115. The van der Waals surface area contributed by atoms with Crippen molar-refractivity contribution in [2.24, 2.45) is 0 Å². The Hall–Kier alpha value is -3.98. The standard InChI is InChI=1S/C26H18BrN3O5/c27-19-13-21(32)23-18(24(19)33)12-20-17(22(23)14-5-4-8-16(31)11-14)9-10-28-25(34)29(26(35)30(20)28)15-6-2-1-3-7-15/h1-9,11,13,20,22,31H,10,12H2. The molecule has 6 rings (SSSR count). The summed E-state index contributed by atoms with van der Waals surface area (Å²) in [5.74, 6) is -1.23. The van der Waals surface area contributed by atoms with E-state index in [1.165, 1.54) is 21.5 Å². The van der Waals surface area contributed by atoms with Crippen LogP contribution in [0.15, 0.2) is 97.5 Å². The topological polar surface area (TPSA) is 103 Å². The largest absolute Gasteiger partial charge is 0.508 e. The number of rotatable bonds is 2. The molecule has 2 aliphatic carbocycles. The van der Waals surface area contributed by atoms with Gasteiger partial charge in [0.15, 0.2) is 11.6 Å². The van der Waals surface area contributed by atoms with Crippen LogP contribution < -0.4 is 11.4 Å². The third-order valence-corrected chi connectivity index (χ3v) is 7.41. The molecule has 8 nitrogen and oxygen atoms in total. The van der Waals surface area contributed by atoms with Crippen LogP contribution in [0.2, 0.25) is 0 Å². The Bertz CT molecular complexity index is 1650. The lowest BCUT2D eigenvalue weighted by Crippen LogP contribution is -2.40. The zero-order valence-electron chi connectivity index (χ0n) is 18.2. The highest BCUT2D eigenvalue weighted by Crippen LogP contribution is 2.50. The highest BCUT2D eigenvalue weighted by molar-refractivity contribution is 9.12. The molecule has 3 aromatic rings. The number of nitrogens with zero attached hydrogens (tertiary/aromatic N) is 3. The van der Waals surface area contributed by atoms with Gasteiger partial charge in [-0.2, -0.15) is 0 Å². The molecule has 3 aliphatic rings. The summed E-state index contributed by atoms with van der Waals surface area (Å²) in [6.07, 6.45) is 3.22. The number of fused-ring (bicyclic) bond motifs is 3. The van der Waals surface area contributed by atoms with E-state index in [-0.39, 0.29) is 34.8 Å². The van der Waals surface area contributed by atoms with Crippen molar-refractivity contribution in [3.05, 3.63) is 114 Å². The second kappa shape index (κ2) is 7.78. The van der Waals surface area contributed by atoms with Gasteiger partial charge in [-0.25, -0.2) is 23.5 Å². The number of phenolic OH excluding ortho intramolecular Hbond substituents is 1. The van der Waals surface area contributed by atoms with Crippen molar-refractivity contribution in [1.82, 2.24) is 13.9 Å². The van der Waals surface area contributed by atoms with E-state index in [0.29, 0.717) is 22.4 Å². The molecule has 0 spiro atoms. The van der Waals surface area contributed by atoms with Crippen molar-refractivity contribution in [2.75, 3.05) is 0 Å². The van der Waals surface area contributed by atoms with Gasteiger partial charge >= 0.3 is 11.4 Å². The first-order chi connectivity index (χ1) is 16.9. The number of hydrogen-bond acceptors (Lipinski definition) is 5. The van der Waals surface area contributed by atoms with Gasteiger partial charge in [-0.05, 0) is 51.3 Å². The summed E-state index contributed by atoms with van der Waals surface area (Å²) in [7, 11) is 0. The predicted molar refractivity (Wildman–Crippen MR) is 131 cm³/mol. The summed E-state index contributed by atoms with van der Waals surface area (Å²) in [6, 6.07) is 14.6. The lowest BCUT2D eigenvalue weighted by atomic mass is 9.69. The van der Waals surface area contributed by atoms with Crippen molar-refractivity contribution in [2.45, 2.75) is 24.9 Å². The van der Waals surface area contributed by atoms with Crippen molar-refractivity contribution >= 4 is 27.5 Å². The maximum atomic E-state index is 13.6. The molecule has 2 unspecified atom stereocenters. The van der Waals surface area contributed by atoms with Crippen LogP contribution in [0.25, 0.3) is 5.69 Å². The predicted octanol–water partition coefficient (Wildman–Crippen LogP) is 2.90. The molecular weight excluding hydrogens is 514 g/mol. The fourth-order valence-electron chi connectivity index (χ4n) is 5.36. The van der Waals surface area contributed by atoms with Crippen LogP contribution in [-0.4, -0.2) is 30.6 Å². The Kier molecular flexibility index (Phi) is 4.79. The van der Waals surface area contributed by atoms with Crippen LogP contribution in [0.5, 0.6) is 5.75 Å². The van der Waals surface area contributed by atoms with Crippen LogP contribution in [0.4, 0.5) is 0 Å². The fraction of sp³-hybridized carbons (Fsp3) is 0.154. The van der Waals surface area contributed by atoms with E-state index in [2.05, 4.69) is 15.9 Å². The number of hydrogen-bond donors (Lipinski definition) is 1. The average molecular weight is 532 g/mol. The molecule has 2 aromatic carbocycles. The second-order valence-electron chi connectivity index (χ2n) is 8.69. The first-order valence-corrected chi connectivity index (χ1v) is 11.8. The first kappa shape index (κ1) is 21.5. The summed E-state index contributed by atoms with van der Waals surface area (Å²) in [5, 5.41) is 10.2. The zero-order chi connectivity index (χ0) is 24.4. The van der Waals surface area contributed by atoms with Gasteiger partial charge in [0.2, 0.25) is 0 Å². The highest BCUT2D eigenvalue weighted by atomic mass is 79.9. The van der Waals surface area contributed by atoms with Crippen molar-refractivity contribution in [3.63, 3.8) is 0 Å². The number of para-hydroxylation sites is 1. The number of Topliss-reactive ketones (excluding diaryl/α,β-unsaturated/α-hetero) is 1. The third-order valence-electron chi connectivity index (χ3n) is 6.82. The van der Waals surface area contributed by atoms with Crippen molar-refractivity contribution in [3.8, 4) is 11.4 Å². The summed E-state index contributed by atoms with van der Waals surface area (Å²) < 4.78 is 4.04. The molecule has 0 amide bonds. The summed E-state index contributed by atoms with van der Waals surface area (Å²) in [4.78, 5) is 53.2. The average Bonchev–Trinajstić information content (AvgIpc) is 3.11. The van der Waals surface area contributed by atoms with Gasteiger partial charge in [0.25, 0.3) is 0 Å². The van der Waals surface area contributed by atoms with Gasteiger partial charge in [-0.3, -0.25) is 9.59 Å². The number of aromatic nitrogens is 3. The molecule has 0 bridgehead atoms. The van der Waals surface area contributed by atoms with E-state index in [1.807, 2.05) is 6.08 Å². The Morgan fingerprint density at radius 3 is 2.46 bits per heavy atom. The smallest absolute Gasteiger partial charge is 0.352 e. The van der Waals surface area contributed by atoms with Gasteiger partial charge < -0.3 is 5.11 Å². The molecule has 0 fully saturated rings. The van der Waals surface area contributed by atoms with Crippen LogP contribution in [0.3, 0.4) is 0 Å². The summed E-state index contributed by atoms with van der Waals surface area (Å²) >= 11 is 3.20. The van der Waals surface area contributed by atoms with Crippen molar-refractivity contribution in [1.29, 1.82) is 0 Å². The molecule has 1 N–H and O–H groups in total. The Morgan fingerprint density at radius 2 is 1.71 bits per heavy atom. The van der Waals surface area contributed by atoms with E-state index in [0.717, 1.165) is 10.1 Å². The maximum absolute atomic E-state index is 13.6. The first-order valence-electron chi connectivity index (χ1n) is 11.0. The van der Waals surface area contributed by atoms with Gasteiger partial charge in [-0.15, -0.1) is 0 Å². The normalized spacial score (nSPS) is 21.2. The molecule has 2 heterocycles. The van der Waals surface area contributed by atoms with Gasteiger partial charge in [0.1, 0.15) is 5.75 Å². The van der Waals surface area contributed by atoms with Crippen LogP contribution in [-0.2, 0) is 16.1 Å². The third kappa shape index (κ3) is 3.11. The Balaban J connectivity index is 1.60. The molecular formula is C26H18BrN3O5. The number of halogens is 1. The van der Waals surface area contributed by atoms with E-state index in [9.17, 15) is 24.3 Å². The Morgan fingerprint density at radius 1 is 0.943 bits per heavy atom. The molecule has 174 valence electrons. The van der Waals surface area contributed by atoms with Gasteiger partial charge in [0, 0.05) is 29.6 Å². The number of phenols is 1. The summed E-state index contributed by atoms with van der Waals surface area (Å²) in [5.41, 5.74) is 1.49. The molecule has 1 aliphatic heterocycles. The van der Waals surface area contributed by atoms with E-state index in [4.69, 9.17) is 0 Å². The van der Waals surface area contributed by atoms with Crippen molar-refractivity contribution < 1.29 is 14.7 Å². The van der Waals surface area contributed by atoms with E-state index >= 15 is 0 Å². The fourth-order valence-corrected chi connectivity index (χ4v) is 5.81. The molecule has 9 heteroatoms. The van der Waals surface area contributed by atoms with Crippen LogP contribution in [0, 0.1) is 0 Å². The molecule has 0 saturated heterocycles. The summed E-state index contributed by atoms with van der Waals surface area (Å²) in [6.45, 7) is 0.138. The second-order valence-corrected chi connectivity index (χ2v) is 9.55. The van der Waals surface area contributed by atoms with Crippen LogP contribution >= 0.6 is 15.9 Å². The number of carbonyl (C=O) groups is 2. The van der Waals surface area contributed by atoms with E-state index < -0.39 is 23.3 Å². The minimum atomic E-state index is -0.643. The molecule has 2 atom stereocenters. The van der Waals surface area contributed by atoms with Crippen LogP contribution in [0.1, 0.15) is 23.9 Å². The minimum absolute atomic E-state index is 0.0267. The number of benzene rings is 2. The highest BCUT2D eigenvalue weighted by Gasteiger charge is 2.45. The van der Waals surface area contributed by atoms with Gasteiger partial charge in [0.05, 0.1) is 22.8 Å². The molecule has 0 saturated carbocycles. The maximum Gasteiger partial charge on any atom is 0.352 e. The zero-order valence-corrected chi connectivity index (χ0v) is 19.8. The monoisotopic (exact) mass is 531 g/mol. The van der Waals surface area contributed by atoms with E-state index in [1.54, 1.807) is 48.5 Å².